The Balaban J connectivity index is 1.30. The van der Waals surface area contributed by atoms with Gasteiger partial charge in [-0.1, -0.05) is 48.5 Å². The molecule has 2 N–H and O–H groups in total. The summed E-state index contributed by atoms with van der Waals surface area (Å²) in [7, 11) is 0. The summed E-state index contributed by atoms with van der Waals surface area (Å²) in [5.74, 6) is 0.104. The van der Waals surface area contributed by atoms with Gasteiger partial charge in [0, 0.05) is 25.6 Å². The Kier molecular flexibility index (Phi) is 8.17. The van der Waals surface area contributed by atoms with Gasteiger partial charge in [-0.15, -0.1) is 0 Å². The minimum atomic E-state index is -0.624. The van der Waals surface area contributed by atoms with Crippen molar-refractivity contribution >= 4 is 17.7 Å². The van der Waals surface area contributed by atoms with E-state index < -0.39 is 6.04 Å². The van der Waals surface area contributed by atoms with Crippen molar-refractivity contribution in [2.45, 2.75) is 50.6 Å². The maximum absolute atomic E-state index is 13.1. The Bertz CT molecular complexity index is 962. The molecule has 1 heterocycles. The van der Waals surface area contributed by atoms with E-state index in [0.29, 0.717) is 32.5 Å². The second kappa shape index (κ2) is 11.7. The topological polar surface area (TPSA) is 87.7 Å². The molecule has 2 aliphatic rings. The van der Waals surface area contributed by atoms with Gasteiger partial charge in [-0.3, -0.25) is 14.4 Å². The molecule has 2 atom stereocenters. The Morgan fingerprint density at radius 1 is 0.971 bits per heavy atom. The average Bonchev–Trinajstić information content (AvgIpc) is 3.69. The Labute approximate surface area is 200 Å². The summed E-state index contributed by atoms with van der Waals surface area (Å²) in [6.45, 7) is 1.32. The standard InChI is InChI=1S/C27H33N3O4/c31-25(15-17-34-23-11-5-2-6-12-23)30-16-7-10-21(19-30)26(32)29-24(27(33)28-22-13-14-22)18-20-8-3-1-4-9-20/h1-6,8-9,11-12,21-22,24H,7,10,13-19H2,(H,28,33)(H,29,32). The van der Waals surface area contributed by atoms with Crippen LogP contribution in [0.15, 0.2) is 60.7 Å². The number of piperidine rings is 1. The summed E-state index contributed by atoms with van der Waals surface area (Å²) in [5, 5.41) is 5.99. The highest BCUT2D eigenvalue weighted by Crippen LogP contribution is 2.20. The Morgan fingerprint density at radius 2 is 1.68 bits per heavy atom. The second-order valence-corrected chi connectivity index (χ2v) is 9.12. The highest BCUT2D eigenvalue weighted by Gasteiger charge is 2.32. The van der Waals surface area contributed by atoms with Gasteiger partial charge in [0.2, 0.25) is 17.7 Å². The van der Waals surface area contributed by atoms with Crippen molar-refractivity contribution in [2.75, 3.05) is 19.7 Å². The van der Waals surface area contributed by atoms with Crippen LogP contribution in [-0.2, 0) is 20.8 Å². The molecule has 1 aliphatic heterocycles. The maximum atomic E-state index is 13.1. The van der Waals surface area contributed by atoms with E-state index in [1.807, 2.05) is 60.7 Å². The smallest absolute Gasteiger partial charge is 0.243 e. The van der Waals surface area contributed by atoms with E-state index in [0.717, 1.165) is 30.6 Å². The number of nitrogens with zero attached hydrogens (tertiary/aromatic N) is 1. The van der Waals surface area contributed by atoms with Gasteiger partial charge in [-0.2, -0.15) is 0 Å². The molecule has 34 heavy (non-hydrogen) atoms. The molecule has 1 saturated carbocycles. The number of amides is 3. The van der Waals surface area contributed by atoms with Crippen LogP contribution in [-0.4, -0.2) is 54.4 Å². The lowest BCUT2D eigenvalue weighted by atomic mass is 9.95. The van der Waals surface area contributed by atoms with E-state index in [1.54, 1.807) is 4.90 Å². The van der Waals surface area contributed by atoms with E-state index in [2.05, 4.69) is 10.6 Å². The molecule has 1 saturated heterocycles. The summed E-state index contributed by atoms with van der Waals surface area (Å²) in [5.41, 5.74) is 0.998. The van der Waals surface area contributed by atoms with Crippen LogP contribution in [0.3, 0.4) is 0 Å². The highest BCUT2D eigenvalue weighted by atomic mass is 16.5. The largest absolute Gasteiger partial charge is 0.493 e. The third-order valence-electron chi connectivity index (χ3n) is 6.31. The molecule has 2 aromatic rings. The fourth-order valence-corrected chi connectivity index (χ4v) is 4.23. The van der Waals surface area contributed by atoms with Crippen LogP contribution in [0.1, 0.15) is 37.7 Å². The Morgan fingerprint density at radius 3 is 2.38 bits per heavy atom. The molecule has 0 spiro atoms. The van der Waals surface area contributed by atoms with Gasteiger partial charge < -0.3 is 20.3 Å². The molecule has 4 rings (SSSR count). The van der Waals surface area contributed by atoms with Crippen LogP contribution in [0.25, 0.3) is 0 Å². The quantitative estimate of drug-likeness (QED) is 0.567. The predicted molar refractivity (Wildman–Crippen MR) is 129 cm³/mol. The number of para-hydroxylation sites is 1. The summed E-state index contributed by atoms with van der Waals surface area (Å²) in [4.78, 5) is 40.4. The molecule has 2 aromatic carbocycles. The van der Waals surface area contributed by atoms with Gasteiger partial charge in [-0.25, -0.2) is 0 Å². The molecule has 180 valence electrons. The van der Waals surface area contributed by atoms with Crippen molar-refractivity contribution in [3.8, 4) is 5.75 Å². The fraction of sp³-hybridized carbons (Fsp3) is 0.444. The van der Waals surface area contributed by atoms with Crippen LogP contribution in [0.5, 0.6) is 5.75 Å². The number of carbonyl (C=O) groups excluding carboxylic acids is 3. The molecule has 0 radical (unpaired) electrons. The molecule has 7 nitrogen and oxygen atoms in total. The monoisotopic (exact) mass is 463 g/mol. The van der Waals surface area contributed by atoms with Gasteiger partial charge in [0.25, 0.3) is 0 Å². The SMILES string of the molecule is O=C(NC(Cc1ccccc1)C(=O)NC1CC1)C1CCCN(C(=O)CCOc2ccccc2)C1. The molecule has 2 fully saturated rings. The number of likely N-dealkylation sites (tertiary alicyclic amines) is 1. The van der Waals surface area contributed by atoms with E-state index in [9.17, 15) is 14.4 Å². The van der Waals surface area contributed by atoms with Gasteiger partial charge in [-0.05, 0) is 43.4 Å². The first-order valence-electron chi connectivity index (χ1n) is 12.2. The zero-order valence-corrected chi connectivity index (χ0v) is 19.4. The van der Waals surface area contributed by atoms with Crippen molar-refractivity contribution in [3.63, 3.8) is 0 Å². The van der Waals surface area contributed by atoms with Crippen molar-refractivity contribution < 1.29 is 19.1 Å². The number of rotatable bonds is 10. The van der Waals surface area contributed by atoms with E-state index in [-0.39, 0.29) is 36.1 Å². The molecular formula is C27H33N3O4. The van der Waals surface area contributed by atoms with Crippen LogP contribution >= 0.6 is 0 Å². The minimum absolute atomic E-state index is 0.0132. The number of hydrogen-bond donors (Lipinski definition) is 2. The van der Waals surface area contributed by atoms with Gasteiger partial charge >= 0.3 is 0 Å². The van der Waals surface area contributed by atoms with Crippen molar-refractivity contribution in [1.29, 1.82) is 0 Å². The fourth-order valence-electron chi connectivity index (χ4n) is 4.23. The van der Waals surface area contributed by atoms with Gasteiger partial charge in [0.1, 0.15) is 11.8 Å². The molecule has 7 heteroatoms. The second-order valence-electron chi connectivity index (χ2n) is 9.12. The summed E-state index contributed by atoms with van der Waals surface area (Å²) in [6.07, 6.45) is 4.16. The van der Waals surface area contributed by atoms with Crippen LogP contribution < -0.4 is 15.4 Å². The van der Waals surface area contributed by atoms with E-state index >= 15 is 0 Å². The minimum Gasteiger partial charge on any atom is -0.493 e. The number of carbonyl (C=O) groups is 3. The summed E-state index contributed by atoms with van der Waals surface area (Å²) < 4.78 is 5.64. The average molecular weight is 464 g/mol. The molecule has 2 unspecified atom stereocenters. The van der Waals surface area contributed by atoms with E-state index in [1.165, 1.54) is 0 Å². The molecule has 1 aliphatic carbocycles. The first-order chi connectivity index (χ1) is 16.6. The third kappa shape index (κ3) is 7.07. The third-order valence-corrected chi connectivity index (χ3v) is 6.31. The normalized spacial score (nSPS) is 18.6. The van der Waals surface area contributed by atoms with Crippen LogP contribution in [0.4, 0.5) is 0 Å². The number of ether oxygens (including phenoxy) is 1. The summed E-state index contributed by atoms with van der Waals surface area (Å²) >= 11 is 0. The highest BCUT2D eigenvalue weighted by molar-refractivity contribution is 5.89. The van der Waals surface area contributed by atoms with E-state index in [4.69, 9.17) is 4.74 Å². The van der Waals surface area contributed by atoms with Crippen molar-refractivity contribution in [2.24, 2.45) is 5.92 Å². The molecule has 0 bridgehead atoms. The van der Waals surface area contributed by atoms with Crippen LogP contribution in [0, 0.1) is 5.92 Å². The molecular weight excluding hydrogens is 430 g/mol. The predicted octanol–water partition coefficient (Wildman–Crippen LogP) is 2.70. The van der Waals surface area contributed by atoms with Crippen LogP contribution in [0.2, 0.25) is 0 Å². The first kappa shape index (κ1) is 23.8. The number of hydrogen-bond acceptors (Lipinski definition) is 4. The van der Waals surface area contributed by atoms with Crippen molar-refractivity contribution in [1.82, 2.24) is 15.5 Å². The summed E-state index contributed by atoms with van der Waals surface area (Å²) in [6, 6.07) is 18.7. The lowest BCUT2D eigenvalue weighted by molar-refractivity contribution is -0.137. The van der Waals surface area contributed by atoms with Crippen molar-refractivity contribution in [3.05, 3.63) is 66.2 Å². The molecule has 0 aromatic heterocycles. The number of nitrogens with one attached hydrogen (secondary N) is 2. The lowest BCUT2D eigenvalue weighted by Gasteiger charge is -2.33. The number of benzene rings is 2. The van der Waals surface area contributed by atoms with Gasteiger partial charge in [0.15, 0.2) is 0 Å². The maximum Gasteiger partial charge on any atom is 0.243 e. The Hall–Kier alpha value is -3.35. The first-order valence-corrected chi connectivity index (χ1v) is 12.2. The lowest BCUT2D eigenvalue weighted by Crippen LogP contribution is -2.52. The zero-order valence-electron chi connectivity index (χ0n) is 19.4. The van der Waals surface area contributed by atoms with Gasteiger partial charge in [0.05, 0.1) is 18.9 Å². The molecule has 3 amide bonds. The zero-order chi connectivity index (χ0) is 23.8.